The quantitative estimate of drug-likeness (QED) is 0.790. The second-order valence-corrected chi connectivity index (χ2v) is 6.27. The van der Waals surface area contributed by atoms with Crippen LogP contribution in [-0.2, 0) is 5.54 Å². The van der Waals surface area contributed by atoms with Crippen molar-refractivity contribution in [1.29, 1.82) is 0 Å². The molecule has 0 spiro atoms. The second-order valence-electron chi connectivity index (χ2n) is 5.16. The molecule has 20 heavy (non-hydrogen) atoms. The molecule has 4 nitrogen and oxygen atoms in total. The number of thioether (sulfide) groups is 1. The van der Waals surface area contributed by atoms with E-state index in [1.807, 2.05) is 19.2 Å². The number of benzene rings is 1. The summed E-state index contributed by atoms with van der Waals surface area (Å²) in [5.74, 6) is 1.92. The third-order valence-electron chi connectivity index (χ3n) is 3.49. The highest BCUT2D eigenvalue weighted by atomic mass is 32.2. The standard InChI is InChI=1S/C15H23N3OS/c1-15(7-10-20-14(16)18-15)12-5-3-6-13(11-12)19-9-4-8-17-2/h3,5-6,11,17H,4,7-10H2,1-2H3,(H2,16,18). The van der Waals surface area contributed by atoms with E-state index in [0.29, 0.717) is 5.17 Å². The van der Waals surface area contributed by atoms with Crippen molar-refractivity contribution >= 4 is 16.9 Å². The van der Waals surface area contributed by atoms with Crippen LogP contribution >= 0.6 is 11.8 Å². The molecule has 0 fully saturated rings. The van der Waals surface area contributed by atoms with E-state index in [1.165, 1.54) is 5.56 Å². The number of amidine groups is 1. The van der Waals surface area contributed by atoms with Crippen LogP contribution in [0, 0.1) is 0 Å². The van der Waals surface area contributed by atoms with Gasteiger partial charge in [-0.15, -0.1) is 0 Å². The predicted octanol–water partition coefficient (Wildman–Crippen LogP) is 2.34. The van der Waals surface area contributed by atoms with Gasteiger partial charge in [0.15, 0.2) is 5.17 Å². The summed E-state index contributed by atoms with van der Waals surface area (Å²) in [5, 5.41) is 3.79. The highest BCUT2D eigenvalue weighted by molar-refractivity contribution is 8.13. The monoisotopic (exact) mass is 293 g/mol. The maximum Gasteiger partial charge on any atom is 0.154 e. The van der Waals surface area contributed by atoms with Crippen molar-refractivity contribution in [3.63, 3.8) is 0 Å². The first kappa shape index (κ1) is 15.2. The molecule has 0 radical (unpaired) electrons. The van der Waals surface area contributed by atoms with Crippen LogP contribution in [0.4, 0.5) is 0 Å². The Hall–Kier alpha value is -1.20. The zero-order chi connectivity index (χ0) is 14.4. The first-order chi connectivity index (χ1) is 9.64. The maximum absolute atomic E-state index is 5.87. The molecule has 1 aliphatic rings. The van der Waals surface area contributed by atoms with Crippen LogP contribution in [0.25, 0.3) is 0 Å². The van der Waals surface area contributed by atoms with Crippen molar-refractivity contribution in [2.45, 2.75) is 25.3 Å². The smallest absolute Gasteiger partial charge is 0.154 e. The fourth-order valence-corrected chi connectivity index (χ4v) is 3.23. The van der Waals surface area contributed by atoms with Crippen LogP contribution in [-0.4, -0.2) is 31.1 Å². The molecule has 1 aromatic rings. The van der Waals surface area contributed by atoms with Crippen LogP contribution in [0.1, 0.15) is 25.3 Å². The third kappa shape index (κ3) is 3.90. The minimum Gasteiger partial charge on any atom is -0.494 e. The SMILES string of the molecule is CNCCCOc1cccc(C2(C)CCSC(N)=N2)c1. The van der Waals surface area contributed by atoms with Gasteiger partial charge in [-0.2, -0.15) is 0 Å². The van der Waals surface area contributed by atoms with Crippen molar-refractivity contribution in [3.05, 3.63) is 29.8 Å². The summed E-state index contributed by atoms with van der Waals surface area (Å²) in [5.41, 5.74) is 6.82. The lowest BCUT2D eigenvalue weighted by Gasteiger charge is -2.30. The Labute approximate surface area is 125 Å². The van der Waals surface area contributed by atoms with Gasteiger partial charge in [-0.25, -0.2) is 0 Å². The minimum atomic E-state index is -0.223. The minimum absolute atomic E-state index is 0.223. The molecular formula is C15H23N3OS. The van der Waals surface area contributed by atoms with Crippen molar-refractivity contribution in [2.24, 2.45) is 10.7 Å². The van der Waals surface area contributed by atoms with E-state index < -0.39 is 0 Å². The van der Waals surface area contributed by atoms with Gasteiger partial charge in [-0.05, 0) is 51.1 Å². The Balaban J connectivity index is 2.07. The summed E-state index contributed by atoms with van der Waals surface area (Å²) in [4.78, 5) is 4.63. The van der Waals surface area contributed by atoms with Crippen molar-refractivity contribution in [2.75, 3.05) is 26.0 Å². The molecule has 1 atom stereocenters. The maximum atomic E-state index is 5.87. The molecule has 3 N–H and O–H groups in total. The van der Waals surface area contributed by atoms with Crippen molar-refractivity contribution in [3.8, 4) is 5.75 Å². The van der Waals surface area contributed by atoms with Crippen molar-refractivity contribution in [1.82, 2.24) is 5.32 Å². The van der Waals surface area contributed by atoms with Gasteiger partial charge in [-0.3, -0.25) is 4.99 Å². The Kier molecular flexibility index (Phi) is 5.31. The second kappa shape index (κ2) is 6.99. The molecule has 1 heterocycles. The van der Waals surface area contributed by atoms with Gasteiger partial charge >= 0.3 is 0 Å². The van der Waals surface area contributed by atoms with E-state index in [2.05, 4.69) is 29.4 Å². The summed E-state index contributed by atoms with van der Waals surface area (Å²) in [6, 6.07) is 8.22. The van der Waals surface area contributed by atoms with Gasteiger partial charge in [0.05, 0.1) is 12.1 Å². The molecule has 0 amide bonds. The predicted molar refractivity (Wildman–Crippen MR) is 86.5 cm³/mol. The zero-order valence-corrected chi connectivity index (χ0v) is 13.0. The van der Waals surface area contributed by atoms with E-state index in [9.17, 15) is 0 Å². The van der Waals surface area contributed by atoms with Crippen LogP contribution < -0.4 is 15.8 Å². The molecule has 1 aliphatic heterocycles. The number of aliphatic imine (C=N–C) groups is 1. The zero-order valence-electron chi connectivity index (χ0n) is 12.2. The van der Waals surface area contributed by atoms with Crippen LogP contribution in [0.15, 0.2) is 29.3 Å². The summed E-state index contributed by atoms with van der Waals surface area (Å²) < 4.78 is 5.79. The molecular weight excluding hydrogens is 270 g/mol. The number of nitrogens with two attached hydrogens (primary N) is 1. The van der Waals surface area contributed by atoms with E-state index >= 15 is 0 Å². The number of hydrogen-bond donors (Lipinski definition) is 2. The van der Waals surface area contributed by atoms with Gasteiger partial charge in [0.1, 0.15) is 5.75 Å². The van der Waals surface area contributed by atoms with Crippen LogP contribution in [0.2, 0.25) is 0 Å². The molecule has 1 aromatic carbocycles. The van der Waals surface area contributed by atoms with Gasteiger partial charge in [0.25, 0.3) is 0 Å². The van der Waals surface area contributed by atoms with Gasteiger partial charge in [0.2, 0.25) is 0 Å². The molecule has 0 bridgehead atoms. The van der Waals surface area contributed by atoms with Crippen molar-refractivity contribution < 1.29 is 4.74 Å². The molecule has 0 aromatic heterocycles. The largest absolute Gasteiger partial charge is 0.494 e. The van der Waals surface area contributed by atoms with Crippen LogP contribution in [0.3, 0.4) is 0 Å². The highest BCUT2D eigenvalue weighted by Crippen LogP contribution is 2.36. The molecule has 0 saturated heterocycles. The lowest BCUT2D eigenvalue weighted by Crippen LogP contribution is -2.28. The average Bonchev–Trinajstić information content (AvgIpc) is 2.44. The number of hydrogen-bond acceptors (Lipinski definition) is 5. The summed E-state index contributed by atoms with van der Waals surface area (Å²) >= 11 is 1.63. The van der Waals surface area contributed by atoms with E-state index in [0.717, 1.165) is 37.5 Å². The Morgan fingerprint density at radius 2 is 2.35 bits per heavy atom. The summed E-state index contributed by atoms with van der Waals surface area (Å²) in [6.45, 7) is 3.83. The summed E-state index contributed by atoms with van der Waals surface area (Å²) in [6.07, 6.45) is 2.00. The number of ether oxygens (including phenoxy) is 1. The first-order valence-corrected chi connectivity index (χ1v) is 7.99. The Morgan fingerprint density at radius 3 is 3.10 bits per heavy atom. The van der Waals surface area contributed by atoms with Gasteiger partial charge in [-0.1, -0.05) is 23.9 Å². The number of rotatable bonds is 6. The Bertz CT molecular complexity index is 478. The lowest BCUT2D eigenvalue weighted by molar-refractivity contribution is 0.308. The van der Waals surface area contributed by atoms with Gasteiger partial charge < -0.3 is 15.8 Å². The normalized spacial score (nSPS) is 22.4. The topological polar surface area (TPSA) is 59.6 Å². The van der Waals surface area contributed by atoms with Gasteiger partial charge in [0, 0.05) is 5.75 Å². The fourth-order valence-electron chi connectivity index (χ4n) is 2.25. The van der Waals surface area contributed by atoms with Crippen LogP contribution in [0.5, 0.6) is 5.75 Å². The van der Waals surface area contributed by atoms with E-state index in [-0.39, 0.29) is 5.54 Å². The molecule has 0 aliphatic carbocycles. The summed E-state index contributed by atoms with van der Waals surface area (Å²) in [7, 11) is 1.95. The molecule has 110 valence electrons. The molecule has 1 unspecified atom stereocenters. The molecule has 2 rings (SSSR count). The first-order valence-electron chi connectivity index (χ1n) is 7.00. The third-order valence-corrected chi connectivity index (χ3v) is 4.29. The fraction of sp³-hybridized carbons (Fsp3) is 0.533. The van der Waals surface area contributed by atoms with E-state index in [4.69, 9.17) is 10.5 Å². The number of nitrogens with one attached hydrogen (secondary N) is 1. The molecule has 0 saturated carbocycles. The molecule has 5 heteroatoms. The van der Waals surface area contributed by atoms with E-state index in [1.54, 1.807) is 11.8 Å². The number of nitrogens with zero attached hydrogens (tertiary/aromatic N) is 1. The lowest BCUT2D eigenvalue weighted by atomic mass is 9.90. The highest BCUT2D eigenvalue weighted by Gasteiger charge is 2.29. The Morgan fingerprint density at radius 1 is 1.50 bits per heavy atom. The average molecular weight is 293 g/mol.